The van der Waals surface area contributed by atoms with E-state index in [-0.39, 0.29) is 0 Å². The minimum Gasteiger partial charge on any atom is -0.492 e. The molecule has 2 heteroatoms. The number of hydrogen-bond acceptors (Lipinski definition) is 2. The maximum Gasteiger partial charge on any atom is 0.119 e. The first-order valence-corrected chi connectivity index (χ1v) is 6.66. The molecule has 0 spiro atoms. The van der Waals surface area contributed by atoms with Gasteiger partial charge in [0.15, 0.2) is 0 Å². The molecule has 19 heavy (non-hydrogen) atoms. The van der Waals surface area contributed by atoms with E-state index in [2.05, 4.69) is 56.4 Å². The zero-order valence-electron chi connectivity index (χ0n) is 11.9. The molecule has 0 heterocycles. The van der Waals surface area contributed by atoms with Gasteiger partial charge in [0.2, 0.25) is 0 Å². The first-order valence-electron chi connectivity index (χ1n) is 6.66. The average molecular weight is 255 g/mol. The fourth-order valence-corrected chi connectivity index (χ4v) is 1.92. The molecular weight excluding hydrogens is 234 g/mol. The van der Waals surface area contributed by atoms with Crippen molar-refractivity contribution >= 4 is 5.69 Å². The van der Waals surface area contributed by atoms with Crippen LogP contribution < -0.4 is 10.1 Å². The normalized spacial score (nSPS) is 10.3. The summed E-state index contributed by atoms with van der Waals surface area (Å²) in [5, 5.41) is 3.37. The third kappa shape index (κ3) is 4.02. The molecule has 0 amide bonds. The molecule has 2 nitrogen and oxygen atoms in total. The van der Waals surface area contributed by atoms with Crippen molar-refractivity contribution in [3.05, 3.63) is 59.2 Å². The highest BCUT2D eigenvalue weighted by Gasteiger charge is 1.97. The van der Waals surface area contributed by atoms with Crippen molar-refractivity contribution in [1.29, 1.82) is 0 Å². The van der Waals surface area contributed by atoms with Gasteiger partial charge in [0, 0.05) is 12.2 Å². The molecule has 0 fully saturated rings. The zero-order valence-corrected chi connectivity index (χ0v) is 11.9. The van der Waals surface area contributed by atoms with Gasteiger partial charge in [0.1, 0.15) is 12.4 Å². The smallest absolute Gasteiger partial charge is 0.119 e. The van der Waals surface area contributed by atoms with E-state index in [9.17, 15) is 0 Å². The van der Waals surface area contributed by atoms with Crippen molar-refractivity contribution in [1.82, 2.24) is 0 Å². The Bertz CT molecular complexity index is 549. The lowest BCUT2D eigenvalue weighted by atomic mass is 10.1. The van der Waals surface area contributed by atoms with Crippen LogP contribution in [0.2, 0.25) is 0 Å². The van der Waals surface area contributed by atoms with E-state index in [1.54, 1.807) is 0 Å². The number of nitrogens with one attached hydrogen (secondary N) is 1. The SMILES string of the molecule is Cc1cccc(OCCNc2ccc(C)c(C)c2)c1. The third-order valence-corrected chi connectivity index (χ3v) is 3.20. The molecule has 0 radical (unpaired) electrons. The second-order valence-corrected chi connectivity index (χ2v) is 4.89. The third-order valence-electron chi connectivity index (χ3n) is 3.20. The Labute approximate surface area is 115 Å². The Morgan fingerprint density at radius 2 is 1.79 bits per heavy atom. The van der Waals surface area contributed by atoms with Crippen LogP contribution in [0.1, 0.15) is 16.7 Å². The fraction of sp³-hybridized carbons (Fsp3) is 0.294. The Kier molecular flexibility index (Phi) is 4.45. The highest BCUT2D eigenvalue weighted by molar-refractivity contribution is 5.48. The predicted octanol–water partition coefficient (Wildman–Crippen LogP) is 4.10. The molecule has 0 bridgehead atoms. The number of hydrogen-bond donors (Lipinski definition) is 1. The molecule has 0 atom stereocenters. The minimum absolute atomic E-state index is 0.663. The van der Waals surface area contributed by atoms with E-state index in [1.807, 2.05) is 12.1 Å². The van der Waals surface area contributed by atoms with Crippen LogP contribution in [0.4, 0.5) is 5.69 Å². The molecular formula is C17H21NO. The first-order chi connectivity index (χ1) is 9.15. The van der Waals surface area contributed by atoms with Gasteiger partial charge >= 0.3 is 0 Å². The number of benzene rings is 2. The minimum atomic E-state index is 0.663. The van der Waals surface area contributed by atoms with Crippen LogP contribution in [0.3, 0.4) is 0 Å². The van der Waals surface area contributed by atoms with Gasteiger partial charge < -0.3 is 10.1 Å². The van der Waals surface area contributed by atoms with Crippen LogP contribution in [0.5, 0.6) is 5.75 Å². The fourth-order valence-electron chi connectivity index (χ4n) is 1.92. The lowest BCUT2D eigenvalue weighted by molar-refractivity contribution is 0.332. The molecule has 2 aromatic rings. The molecule has 2 aromatic carbocycles. The number of ether oxygens (including phenoxy) is 1. The first kappa shape index (κ1) is 13.5. The zero-order chi connectivity index (χ0) is 13.7. The van der Waals surface area contributed by atoms with Gasteiger partial charge in [-0.2, -0.15) is 0 Å². The molecule has 0 aromatic heterocycles. The van der Waals surface area contributed by atoms with Crippen molar-refractivity contribution in [2.24, 2.45) is 0 Å². The number of aryl methyl sites for hydroxylation is 3. The van der Waals surface area contributed by atoms with Gasteiger partial charge in [0.05, 0.1) is 0 Å². The summed E-state index contributed by atoms with van der Waals surface area (Å²) in [4.78, 5) is 0. The van der Waals surface area contributed by atoms with Crippen LogP contribution >= 0.6 is 0 Å². The quantitative estimate of drug-likeness (QED) is 0.812. The standard InChI is InChI=1S/C17H21NO/c1-13-5-4-6-17(11-13)19-10-9-18-16-8-7-14(2)15(3)12-16/h4-8,11-12,18H,9-10H2,1-3H3. The van der Waals surface area contributed by atoms with Crippen molar-refractivity contribution in [3.63, 3.8) is 0 Å². The molecule has 100 valence electrons. The van der Waals surface area contributed by atoms with E-state index in [1.165, 1.54) is 16.7 Å². The molecule has 0 aliphatic heterocycles. The Morgan fingerprint density at radius 3 is 2.53 bits per heavy atom. The van der Waals surface area contributed by atoms with Gasteiger partial charge in [-0.25, -0.2) is 0 Å². The molecule has 0 saturated heterocycles. The van der Waals surface area contributed by atoms with Gasteiger partial charge in [-0.15, -0.1) is 0 Å². The maximum atomic E-state index is 5.70. The van der Waals surface area contributed by atoms with Gasteiger partial charge in [-0.05, 0) is 61.7 Å². The molecule has 2 rings (SSSR count). The summed E-state index contributed by atoms with van der Waals surface area (Å²) in [5.74, 6) is 0.932. The van der Waals surface area contributed by atoms with E-state index in [0.29, 0.717) is 6.61 Å². The summed E-state index contributed by atoms with van der Waals surface area (Å²) < 4.78 is 5.70. The van der Waals surface area contributed by atoms with Crippen molar-refractivity contribution in [3.8, 4) is 5.75 Å². The lowest BCUT2D eigenvalue weighted by Gasteiger charge is -2.10. The summed E-state index contributed by atoms with van der Waals surface area (Å²) in [6, 6.07) is 14.5. The van der Waals surface area contributed by atoms with Crippen molar-refractivity contribution < 1.29 is 4.74 Å². The summed E-state index contributed by atoms with van der Waals surface area (Å²) in [6.07, 6.45) is 0. The summed E-state index contributed by atoms with van der Waals surface area (Å²) >= 11 is 0. The summed E-state index contributed by atoms with van der Waals surface area (Å²) in [5.41, 5.74) is 5.00. The molecule has 0 aliphatic carbocycles. The Hall–Kier alpha value is -1.96. The van der Waals surface area contributed by atoms with Crippen LogP contribution in [0, 0.1) is 20.8 Å². The highest BCUT2D eigenvalue weighted by Crippen LogP contribution is 2.14. The van der Waals surface area contributed by atoms with E-state index < -0.39 is 0 Å². The molecule has 1 N–H and O–H groups in total. The Balaban J connectivity index is 1.79. The van der Waals surface area contributed by atoms with Gasteiger partial charge in [-0.3, -0.25) is 0 Å². The molecule has 0 aliphatic rings. The lowest BCUT2D eigenvalue weighted by Crippen LogP contribution is -2.11. The summed E-state index contributed by atoms with van der Waals surface area (Å²) in [7, 11) is 0. The number of anilines is 1. The van der Waals surface area contributed by atoms with Crippen LogP contribution in [-0.2, 0) is 0 Å². The maximum absolute atomic E-state index is 5.70. The highest BCUT2D eigenvalue weighted by atomic mass is 16.5. The molecule has 0 unspecified atom stereocenters. The number of rotatable bonds is 5. The van der Waals surface area contributed by atoms with Crippen LogP contribution in [-0.4, -0.2) is 13.2 Å². The van der Waals surface area contributed by atoms with E-state index in [4.69, 9.17) is 4.74 Å². The van der Waals surface area contributed by atoms with Crippen LogP contribution in [0.15, 0.2) is 42.5 Å². The van der Waals surface area contributed by atoms with Crippen molar-refractivity contribution in [2.75, 3.05) is 18.5 Å². The van der Waals surface area contributed by atoms with Crippen LogP contribution in [0.25, 0.3) is 0 Å². The van der Waals surface area contributed by atoms with E-state index >= 15 is 0 Å². The average Bonchev–Trinajstić information content (AvgIpc) is 2.39. The Morgan fingerprint density at radius 1 is 0.947 bits per heavy atom. The topological polar surface area (TPSA) is 21.3 Å². The second-order valence-electron chi connectivity index (χ2n) is 4.89. The van der Waals surface area contributed by atoms with Crippen molar-refractivity contribution in [2.45, 2.75) is 20.8 Å². The summed E-state index contributed by atoms with van der Waals surface area (Å²) in [6.45, 7) is 7.79. The van der Waals surface area contributed by atoms with Gasteiger partial charge in [0.25, 0.3) is 0 Å². The molecule has 0 saturated carbocycles. The monoisotopic (exact) mass is 255 g/mol. The second kappa shape index (κ2) is 6.28. The predicted molar refractivity (Wildman–Crippen MR) is 81.1 cm³/mol. The van der Waals surface area contributed by atoms with E-state index in [0.717, 1.165) is 18.0 Å². The largest absolute Gasteiger partial charge is 0.492 e. The van der Waals surface area contributed by atoms with Gasteiger partial charge in [-0.1, -0.05) is 18.2 Å².